The van der Waals surface area contributed by atoms with Crippen molar-refractivity contribution in [2.24, 2.45) is 5.73 Å². The fourth-order valence-corrected chi connectivity index (χ4v) is 3.55. The van der Waals surface area contributed by atoms with Gasteiger partial charge in [-0.3, -0.25) is 0 Å². The van der Waals surface area contributed by atoms with Gasteiger partial charge in [-0.1, -0.05) is 36.4 Å². The van der Waals surface area contributed by atoms with E-state index in [0.29, 0.717) is 5.56 Å². The van der Waals surface area contributed by atoms with E-state index in [4.69, 9.17) is 5.73 Å². The third kappa shape index (κ3) is 3.66. The Morgan fingerprint density at radius 1 is 1.19 bits per heavy atom. The van der Waals surface area contributed by atoms with E-state index in [2.05, 4.69) is 4.72 Å². The summed E-state index contributed by atoms with van der Waals surface area (Å²) in [5.74, 6) is -0.593. The lowest BCUT2D eigenvalue weighted by Gasteiger charge is -2.18. The first-order chi connectivity index (χ1) is 9.94. The summed E-state index contributed by atoms with van der Waals surface area (Å²) in [5, 5.41) is 0. The van der Waals surface area contributed by atoms with Gasteiger partial charge in [0, 0.05) is 6.54 Å². The van der Waals surface area contributed by atoms with Crippen molar-refractivity contribution in [3.63, 3.8) is 0 Å². The van der Waals surface area contributed by atoms with Gasteiger partial charge < -0.3 is 5.73 Å². The number of sulfonamides is 1. The summed E-state index contributed by atoms with van der Waals surface area (Å²) in [6, 6.07) is 12.1. The van der Waals surface area contributed by atoms with E-state index >= 15 is 0 Å². The Kier molecular flexibility index (Phi) is 4.72. The molecule has 0 saturated carbocycles. The Hall–Kier alpha value is -1.76. The molecule has 21 heavy (non-hydrogen) atoms. The molecule has 0 amide bonds. The van der Waals surface area contributed by atoms with Gasteiger partial charge in [-0.15, -0.1) is 0 Å². The van der Waals surface area contributed by atoms with Crippen LogP contribution in [0.4, 0.5) is 4.39 Å². The van der Waals surface area contributed by atoms with Crippen LogP contribution >= 0.6 is 0 Å². The highest BCUT2D eigenvalue weighted by Gasteiger charge is 2.22. The van der Waals surface area contributed by atoms with Gasteiger partial charge in [0.15, 0.2) is 0 Å². The van der Waals surface area contributed by atoms with Crippen LogP contribution in [0.2, 0.25) is 0 Å². The van der Waals surface area contributed by atoms with Crippen molar-refractivity contribution in [2.75, 3.05) is 6.54 Å². The van der Waals surface area contributed by atoms with Crippen LogP contribution in [-0.2, 0) is 10.0 Å². The summed E-state index contributed by atoms with van der Waals surface area (Å²) in [5.41, 5.74) is 6.90. The molecule has 0 aliphatic carbocycles. The van der Waals surface area contributed by atoms with Gasteiger partial charge in [0.2, 0.25) is 10.0 Å². The lowest BCUT2D eigenvalue weighted by molar-refractivity contribution is 0.555. The maximum Gasteiger partial charge on any atom is 0.241 e. The summed E-state index contributed by atoms with van der Waals surface area (Å²) in [4.78, 5) is -0.0723. The van der Waals surface area contributed by atoms with Crippen molar-refractivity contribution in [2.45, 2.75) is 17.9 Å². The molecule has 0 aromatic heterocycles. The minimum absolute atomic E-state index is 0.0723. The molecule has 112 valence electrons. The van der Waals surface area contributed by atoms with Gasteiger partial charge in [-0.05, 0) is 30.2 Å². The Bertz CT molecular complexity index is 718. The lowest BCUT2D eigenvalue weighted by atomic mass is 10.1. The number of aryl methyl sites for hydroxylation is 1. The average molecular weight is 308 g/mol. The number of benzene rings is 2. The molecule has 4 nitrogen and oxygen atoms in total. The highest BCUT2D eigenvalue weighted by Crippen LogP contribution is 2.20. The van der Waals surface area contributed by atoms with Crippen LogP contribution < -0.4 is 10.5 Å². The van der Waals surface area contributed by atoms with Crippen LogP contribution in [-0.4, -0.2) is 15.0 Å². The molecule has 0 aliphatic rings. The van der Waals surface area contributed by atoms with Gasteiger partial charge in [-0.2, -0.15) is 0 Å². The minimum atomic E-state index is -3.84. The Morgan fingerprint density at radius 3 is 2.48 bits per heavy atom. The van der Waals surface area contributed by atoms with Crippen LogP contribution in [0.3, 0.4) is 0 Å². The van der Waals surface area contributed by atoms with Crippen LogP contribution in [0.1, 0.15) is 17.2 Å². The number of halogens is 1. The molecule has 1 atom stereocenters. The molecule has 2 aromatic carbocycles. The fraction of sp³-hybridized carbons (Fsp3) is 0.200. The number of rotatable bonds is 5. The number of nitrogens with two attached hydrogens (primary N) is 1. The predicted molar refractivity (Wildman–Crippen MR) is 79.7 cm³/mol. The molecule has 2 rings (SSSR count). The highest BCUT2D eigenvalue weighted by molar-refractivity contribution is 7.89. The smallest absolute Gasteiger partial charge is 0.241 e. The van der Waals surface area contributed by atoms with Crippen molar-refractivity contribution < 1.29 is 12.8 Å². The van der Waals surface area contributed by atoms with E-state index in [-0.39, 0.29) is 11.4 Å². The first-order valence-electron chi connectivity index (χ1n) is 6.47. The molecule has 3 N–H and O–H groups in total. The Morgan fingerprint density at radius 2 is 1.86 bits per heavy atom. The van der Waals surface area contributed by atoms with E-state index < -0.39 is 21.9 Å². The van der Waals surface area contributed by atoms with Gasteiger partial charge in [0.25, 0.3) is 0 Å². The molecule has 6 heteroatoms. The molecule has 0 aliphatic heterocycles. The number of hydrogen-bond acceptors (Lipinski definition) is 3. The normalized spacial score (nSPS) is 13.1. The van der Waals surface area contributed by atoms with E-state index in [0.717, 1.165) is 11.6 Å². The maximum absolute atomic E-state index is 13.3. The molecule has 0 fully saturated rings. The van der Waals surface area contributed by atoms with Crippen molar-refractivity contribution in [1.29, 1.82) is 0 Å². The molecular formula is C15H17FN2O2S. The van der Waals surface area contributed by atoms with Gasteiger partial charge in [-0.25, -0.2) is 17.5 Å². The topological polar surface area (TPSA) is 72.2 Å². The molecular weight excluding hydrogens is 291 g/mol. The summed E-state index contributed by atoms with van der Waals surface area (Å²) in [6.45, 7) is 1.73. The number of nitrogens with one attached hydrogen (secondary N) is 1. The second-order valence-electron chi connectivity index (χ2n) is 4.73. The monoisotopic (exact) mass is 308 g/mol. The summed E-state index contributed by atoms with van der Waals surface area (Å²) >= 11 is 0. The van der Waals surface area contributed by atoms with E-state index in [1.165, 1.54) is 12.1 Å². The van der Waals surface area contributed by atoms with Crippen LogP contribution in [0.5, 0.6) is 0 Å². The second-order valence-corrected chi connectivity index (χ2v) is 6.41. The van der Waals surface area contributed by atoms with E-state index in [1.807, 2.05) is 6.07 Å². The molecule has 2 aromatic rings. The average Bonchev–Trinajstić information content (AvgIpc) is 2.48. The van der Waals surface area contributed by atoms with Crippen molar-refractivity contribution in [3.05, 3.63) is 65.5 Å². The van der Waals surface area contributed by atoms with Crippen LogP contribution in [0, 0.1) is 12.7 Å². The highest BCUT2D eigenvalue weighted by atomic mass is 32.2. The van der Waals surface area contributed by atoms with Gasteiger partial charge in [0.1, 0.15) is 5.82 Å². The second kappa shape index (κ2) is 6.34. The Labute approximate surface area is 123 Å². The van der Waals surface area contributed by atoms with Crippen LogP contribution in [0.25, 0.3) is 0 Å². The molecule has 0 saturated heterocycles. The maximum atomic E-state index is 13.3. The van der Waals surface area contributed by atoms with E-state index in [1.54, 1.807) is 31.2 Å². The zero-order valence-electron chi connectivity index (χ0n) is 11.6. The third-order valence-corrected chi connectivity index (χ3v) is 4.79. The first-order valence-corrected chi connectivity index (χ1v) is 7.96. The molecule has 0 bridgehead atoms. The zero-order valence-corrected chi connectivity index (χ0v) is 12.4. The quantitative estimate of drug-likeness (QED) is 0.888. The summed E-state index contributed by atoms with van der Waals surface area (Å²) in [6.07, 6.45) is 0. The minimum Gasteiger partial charge on any atom is -0.329 e. The van der Waals surface area contributed by atoms with E-state index in [9.17, 15) is 12.8 Å². The molecule has 0 spiro atoms. The SMILES string of the molecule is Cc1ccc(F)cc1S(=O)(=O)NC(CN)c1ccccc1. The van der Waals surface area contributed by atoms with Crippen molar-refractivity contribution in [3.8, 4) is 0 Å². The van der Waals surface area contributed by atoms with Gasteiger partial charge in [0.05, 0.1) is 10.9 Å². The van der Waals surface area contributed by atoms with Crippen molar-refractivity contribution in [1.82, 2.24) is 4.72 Å². The summed E-state index contributed by atoms with van der Waals surface area (Å²) in [7, 11) is -3.84. The molecule has 0 radical (unpaired) electrons. The van der Waals surface area contributed by atoms with Crippen molar-refractivity contribution >= 4 is 10.0 Å². The lowest BCUT2D eigenvalue weighted by Crippen LogP contribution is -2.33. The first kappa shape index (κ1) is 15.6. The zero-order chi connectivity index (χ0) is 15.5. The van der Waals surface area contributed by atoms with Gasteiger partial charge >= 0.3 is 0 Å². The molecule has 1 unspecified atom stereocenters. The Balaban J connectivity index is 2.34. The largest absolute Gasteiger partial charge is 0.329 e. The standard InChI is InChI=1S/C15H17FN2O2S/c1-11-7-8-13(16)9-15(11)21(19,20)18-14(10-17)12-5-3-2-4-6-12/h2-9,14,18H,10,17H2,1H3. The number of hydrogen-bond donors (Lipinski definition) is 2. The predicted octanol–water partition coefficient (Wildman–Crippen LogP) is 2.11. The van der Waals surface area contributed by atoms with Crippen LogP contribution in [0.15, 0.2) is 53.4 Å². The summed E-state index contributed by atoms with van der Waals surface area (Å²) < 4.78 is 40.7. The molecule has 0 heterocycles. The fourth-order valence-electron chi connectivity index (χ4n) is 2.05. The third-order valence-electron chi connectivity index (χ3n) is 3.17.